The summed E-state index contributed by atoms with van der Waals surface area (Å²) < 4.78 is 65.8. The minimum absolute atomic E-state index is 0. The zero-order chi connectivity index (χ0) is 20.9. The Morgan fingerprint density at radius 1 is 1.24 bits per heavy atom. The minimum Gasteiger partial charge on any atom is -0.335 e. The number of carbonyl (C=O) groups is 1. The van der Waals surface area contributed by atoms with Gasteiger partial charge in [-0.05, 0) is 37.0 Å². The topological polar surface area (TPSA) is 83.7 Å². The lowest BCUT2D eigenvalue weighted by Crippen LogP contribution is -2.54. The third-order valence-electron chi connectivity index (χ3n) is 5.28. The Bertz CT molecular complexity index is 863. The van der Waals surface area contributed by atoms with Gasteiger partial charge < -0.3 is 10.6 Å². The van der Waals surface area contributed by atoms with E-state index < -0.39 is 33.8 Å². The Morgan fingerprint density at radius 3 is 2.41 bits per heavy atom. The fourth-order valence-electron chi connectivity index (χ4n) is 3.98. The summed E-state index contributed by atoms with van der Waals surface area (Å²) in [6.45, 7) is 4.22. The van der Waals surface area contributed by atoms with E-state index in [1.165, 1.54) is 4.31 Å². The second-order valence-electron chi connectivity index (χ2n) is 7.87. The maximum atomic E-state index is 12.9. The number of rotatable bonds is 5. The van der Waals surface area contributed by atoms with Crippen LogP contribution in [0.2, 0.25) is 0 Å². The third-order valence-corrected chi connectivity index (χ3v) is 7.20. The number of benzene rings is 1. The average molecular weight is 456 g/mol. The van der Waals surface area contributed by atoms with Gasteiger partial charge in [-0.2, -0.15) is 17.5 Å². The lowest BCUT2D eigenvalue weighted by molar-refractivity contribution is -0.138. The molecular weight excluding hydrogens is 431 g/mol. The Hall–Kier alpha value is -1.36. The van der Waals surface area contributed by atoms with Gasteiger partial charge in [0, 0.05) is 25.2 Å². The molecule has 0 aromatic heterocycles. The van der Waals surface area contributed by atoms with Gasteiger partial charge in [-0.1, -0.05) is 19.9 Å². The monoisotopic (exact) mass is 455 g/mol. The molecule has 164 valence electrons. The van der Waals surface area contributed by atoms with Crippen LogP contribution in [0.5, 0.6) is 0 Å². The van der Waals surface area contributed by atoms with Gasteiger partial charge in [0.15, 0.2) is 0 Å². The van der Waals surface area contributed by atoms with Crippen LogP contribution < -0.4 is 5.73 Å². The van der Waals surface area contributed by atoms with Gasteiger partial charge >= 0.3 is 6.18 Å². The molecule has 11 heteroatoms. The van der Waals surface area contributed by atoms with Crippen LogP contribution >= 0.6 is 12.4 Å². The summed E-state index contributed by atoms with van der Waals surface area (Å²) in [5, 5.41) is 0. The van der Waals surface area contributed by atoms with Gasteiger partial charge in [-0.25, -0.2) is 8.42 Å². The standard InChI is InChI=1S/C18H24F3N3O3S.ClH/c1-11(2)6-16(22)17(25)23-9-14-8-13(23)10-24(14)28(26,27)15-5-3-4-12(7-15)18(19,20)21;/h3-5,7,11,13-14,16H,6,8-10,22H2,1-2H3;1H/t13-,14+,16-;/m1./s1. The molecule has 2 heterocycles. The van der Waals surface area contributed by atoms with Crippen LogP contribution in [0.1, 0.15) is 32.3 Å². The first-order chi connectivity index (χ1) is 12.9. The molecule has 0 aliphatic carbocycles. The Balaban J connectivity index is 0.00000300. The van der Waals surface area contributed by atoms with Crippen molar-refractivity contribution in [1.29, 1.82) is 0 Å². The van der Waals surface area contributed by atoms with Gasteiger partial charge in [-0.3, -0.25) is 4.79 Å². The molecule has 2 aliphatic heterocycles. The van der Waals surface area contributed by atoms with Crippen LogP contribution in [0.3, 0.4) is 0 Å². The maximum Gasteiger partial charge on any atom is 0.416 e. The highest BCUT2D eigenvalue weighted by Gasteiger charge is 2.50. The number of fused-ring (bicyclic) bond motifs is 2. The van der Waals surface area contributed by atoms with Crippen molar-refractivity contribution in [3.05, 3.63) is 29.8 Å². The first-order valence-corrected chi connectivity index (χ1v) is 10.6. The maximum absolute atomic E-state index is 12.9. The molecular formula is C18H25ClF3N3O3S. The highest BCUT2D eigenvalue weighted by molar-refractivity contribution is 7.89. The molecule has 1 aromatic rings. The van der Waals surface area contributed by atoms with Crippen LogP contribution in [-0.2, 0) is 21.0 Å². The minimum atomic E-state index is -4.62. The average Bonchev–Trinajstić information content (AvgIpc) is 3.21. The smallest absolute Gasteiger partial charge is 0.335 e. The number of amides is 1. The fraction of sp³-hybridized carbons (Fsp3) is 0.611. The summed E-state index contributed by atoms with van der Waals surface area (Å²) in [6, 6.07) is 2.38. The summed E-state index contributed by atoms with van der Waals surface area (Å²) >= 11 is 0. The number of piperazine rings is 1. The molecule has 0 saturated carbocycles. The highest BCUT2D eigenvalue weighted by atomic mass is 35.5. The van der Waals surface area contributed by atoms with E-state index in [1.54, 1.807) is 4.90 Å². The SMILES string of the molecule is CC(C)C[C@@H](N)C(=O)N1C[C@@H]2C[C@@H]1CN2S(=O)(=O)c1cccc(C(F)(F)F)c1.Cl. The fourth-order valence-corrected chi connectivity index (χ4v) is 5.70. The van der Waals surface area contributed by atoms with Gasteiger partial charge in [0.25, 0.3) is 0 Å². The van der Waals surface area contributed by atoms with E-state index >= 15 is 0 Å². The van der Waals surface area contributed by atoms with E-state index in [9.17, 15) is 26.4 Å². The third kappa shape index (κ3) is 4.70. The van der Waals surface area contributed by atoms with Crippen molar-refractivity contribution in [3.63, 3.8) is 0 Å². The van der Waals surface area contributed by atoms with Crippen molar-refractivity contribution < 1.29 is 26.4 Å². The molecule has 3 atom stereocenters. The molecule has 2 fully saturated rings. The van der Waals surface area contributed by atoms with Gasteiger partial charge in [0.1, 0.15) is 0 Å². The van der Waals surface area contributed by atoms with Gasteiger partial charge in [-0.15, -0.1) is 12.4 Å². The number of nitrogens with zero attached hydrogens (tertiary/aromatic N) is 2. The van der Waals surface area contributed by atoms with Crippen molar-refractivity contribution in [2.75, 3.05) is 13.1 Å². The number of likely N-dealkylation sites (tertiary alicyclic amines) is 1. The first kappa shape index (κ1) is 23.9. The van der Waals surface area contributed by atoms with Gasteiger partial charge in [0.05, 0.1) is 16.5 Å². The Morgan fingerprint density at radius 2 is 1.90 bits per heavy atom. The largest absolute Gasteiger partial charge is 0.416 e. The molecule has 2 bridgehead atoms. The number of alkyl halides is 3. The molecule has 6 nitrogen and oxygen atoms in total. The van der Waals surface area contributed by atoms with E-state index in [1.807, 2.05) is 13.8 Å². The Labute approximate surface area is 174 Å². The van der Waals surface area contributed by atoms with Gasteiger partial charge in [0.2, 0.25) is 15.9 Å². The summed E-state index contributed by atoms with van der Waals surface area (Å²) in [6.07, 6.45) is -3.61. The number of nitrogens with two attached hydrogens (primary N) is 1. The number of hydrogen-bond acceptors (Lipinski definition) is 4. The molecule has 2 N–H and O–H groups in total. The first-order valence-electron chi connectivity index (χ1n) is 9.16. The zero-order valence-corrected chi connectivity index (χ0v) is 17.7. The molecule has 1 aromatic carbocycles. The number of halogens is 4. The predicted molar refractivity (Wildman–Crippen MR) is 104 cm³/mol. The summed E-state index contributed by atoms with van der Waals surface area (Å²) in [5.74, 6) is 0.0637. The quantitative estimate of drug-likeness (QED) is 0.739. The predicted octanol–water partition coefficient (Wildman–Crippen LogP) is 2.47. The second-order valence-corrected chi connectivity index (χ2v) is 9.76. The van der Waals surface area contributed by atoms with Crippen molar-refractivity contribution in [2.24, 2.45) is 11.7 Å². The molecule has 0 radical (unpaired) electrons. The van der Waals surface area contributed by atoms with E-state index in [4.69, 9.17) is 5.73 Å². The number of carbonyl (C=O) groups excluding carboxylic acids is 1. The van der Waals surface area contributed by atoms with E-state index in [0.29, 0.717) is 18.9 Å². The van der Waals surface area contributed by atoms with Crippen LogP contribution in [0.15, 0.2) is 29.2 Å². The van der Waals surface area contributed by atoms with E-state index in [0.717, 1.165) is 18.2 Å². The van der Waals surface area contributed by atoms with Crippen molar-refractivity contribution in [3.8, 4) is 0 Å². The zero-order valence-electron chi connectivity index (χ0n) is 16.1. The molecule has 2 aliphatic rings. The van der Waals surface area contributed by atoms with Crippen LogP contribution in [0.25, 0.3) is 0 Å². The summed E-state index contributed by atoms with van der Waals surface area (Å²) in [7, 11) is -4.08. The molecule has 2 saturated heterocycles. The molecule has 0 spiro atoms. The van der Waals surface area contributed by atoms with Crippen LogP contribution in [0, 0.1) is 5.92 Å². The number of hydrogen-bond donors (Lipinski definition) is 1. The lowest BCUT2D eigenvalue weighted by Gasteiger charge is -2.35. The summed E-state index contributed by atoms with van der Waals surface area (Å²) in [4.78, 5) is 13.8. The molecule has 0 unspecified atom stereocenters. The van der Waals surface area contributed by atoms with E-state index in [2.05, 4.69) is 0 Å². The normalized spacial score (nSPS) is 23.3. The molecule has 1 amide bonds. The summed E-state index contributed by atoms with van der Waals surface area (Å²) in [5.41, 5.74) is 4.96. The van der Waals surface area contributed by atoms with Crippen molar-refractivity contribution in [2.45, 2.75) is 55.9 Å². The van der Waals surface area contributed by atoms with Crippen LogP contribution in [-0.4, -0.2) is 54.7 Å². The van der Waals surface area contributed by atoms with Crippen molar-refractivity contribution in [1.82, 2.24) is 9.21 Å². The highest BCUT2D eigenvalue weighted by Crippen LogP contribution is 2.37. The molecule has 29 heavy (non-hydrogen) atoms. The van der Waals surface area contributed by atoms with Crippen LogP contribution in [0.4, 0.5) is 13.2 Å². The van der Waals surface area contributed by atoms with E-state index in [-0.39, 0.29) is 48.3 Å². The molecule has 3 rings (SSSR count). The van der Waals surface area contributed by atoms with Crippen molar-refractivity contribution >= 4 is 28.3 Å². The lowest BCUT2D eigenvalue weighted by atomic mass is 10.0. The Kier molecular flexibility index (Phi) is 6.93. The number of sulfonamides is 1. The second kappa shape index (κ2) is 8.41.